The summed E-state index contributed by atoms with van der Waals surface area (Å²) in [4.78, 5) is 11.5. The van der Waals surface area contributed by atoms with Crippen LogP contribution in [-0.4, -0.2) is 5.91 Å². The quantitative estimate of drug-likeness (QED) is 0.786. The lowest BCUT2D eigenvalue weighted by Crippen LogP contribution is -2.03. The first-order valence-corrected chi connectivity index (χ1v) is 7.67. The fourth-order valence-electron chi connectivity index (χ4n) is 2.47. The summed E-state index contributed by atoms with van der Waals surface area (Å²) in [6, 6.07) is 12.0. The van der Waals surface area contributed by atoms with Crippen LogP contribution in [0.4, 0.5) is 5.69 Å². The van der Waals surface area contributed by atoms with Crippen LogP contribution in [0.3, 0.4) is 0 Å². The van der Waals surface area contributed by atoms with E-state index in [0.29, 0.717) is 6.42 Å². The van der Waals surface area contributed by atoms with Gasteiger partial charge in [0.15, 0.2) is 0 Å². The smallest absolute Gasteiger partial charge is 0.228 e. The molecular weight excluding hydrogens is 338 g/mol. The van der Waals surface area contributed by atoms with Crippen molar-refractivity contribution in [2.45, 2.75) is 18.2 Å². The van der Waals surface area contributed by atoms with Crippen LogP contribution in [0.2, 0.25) is 5.02 Å². The highest BCUT2D eigenvalue weighted by Crippen LogP contribution is 2.36. The van der Waals surface area contributed by atoms with Crippen LogP contribution in [-0.2, 0) is 11.2 Å². The van der Waals surface area contributed by atoms with E-state index in [9.17, 15) is 4.79 Å². The largest absolute Gasteiger partial charge is 0.326 e. The van der Waals surface area contributed by atoms with Gasteiger partial charge < -0.3 is 5.32 Å². The number of carbonyl (C=O) groups excluding carboxylic acids is 1. The molecule has 102 valence electrons. The summed E-state index contributed by atoms with van der Waals surface area (Å²) in [5, 5.41) is 3.58. The van der Waals surface area contributed by atoms with Crippen LogP contribution < -0.4 is 5.32 Å². The molecular formula is C16H13BrClNO. The summed E-state index contributed by atoms with van der Waals surface area (Å²) in [5.41, 5.74) is 5.43. The third kappa shape index (κ3) is 2.48. The summed E-state index contributed by atoms with van der Waals surface area (Å²) in [5.74, 6) is 0.0576. The highest BCUT2D eigenvalue weighted by molar-refractivity contribution is 9.09. The van der Waals surface area contributed by atoms with E-state index in [1.54, 1.807) is 0 Å². The zero-order valence-electron chi connectivity index (χ0n) is 10.9. The molecule has 4 heteroatoms. The fraction of sp³-hybridized carbons (Fsp3) is 0.188. The predicted octanol–water partition coefficient (Wildman–Crippen LogP) is 4.63. The van der Waals surface area contributed by atoms with Gasteiger partial charge in [0, 0.05) is 10.7 Å². The summed E-state index contributed by atoms with van der Waals surface area (Å²) in [6.45, 7) is 2.07. The first-order valence-electron chi connectivity index (χ1n) is 6.37. The Balaban J connectivity index is 1.99. The number of nitrogens with one attached hydrogen (secondary N) is 1. The molecule has 1 aliphatic heterocycles. The second-order valence-corrected chi connectivity index (χ2v) is 6.36. The minimum atomic E-state index is 0.0576. The van der Waals surface area contributed by atoms with Gasteiger partial charge in [-0.3, -0.25) is 4.79 Å². The van der Waals surface area contributed by atoms with Crippen molar-refractivity contribution in [3.63, 3.8) is 0 Å². The lowest BCUT2D eigenvalue weighted by Gasteiger charge is -2.15. The van der Waals surface area contributed by atoms with Crippen molar-refractivity contribution in [3.05, 3.63) is 63.7 Å². The number of carbonyl (C=O) groups is 1. The Morgan fingerprint density at radius 2 is 2.05 bits per heavy atom. The van der Waals surface area contributed by atoms with Gasteiger partial charge in [0.1, 0.15) is 0 Å². The van der Waals surface area contributed by atoms with Gasteiger partial charge in [-0.25, -0.2) is 0 Å². The maximum absolute atomic E-state index is 11.4. The van der Waals surface area contributed by atoms with Crippen molar-refractivity contribution in [1.29, 1.82) is 0 Å². The summed E-state index contributed by atoms with van der Waals surface area (Å²) in [7, 11) is 0. The van der Waals surface area contributed by atoms with Crippen LogP contribution in [0, 0.1) is 6.92 Å². The van der Waals surface area contributed by atoms with Crippen molar-refractivity contribution in [3.8, 4) is 0 Å². The van der Waals surface area contributed by atoms with Gasteiger partial charge in [-0.1, -0.05) is 45.7 Å². The Morgan fingerprint density at radius 1 is 1.25 bits per heavy atom. The topological polar surface area (TPSA) is 29.1 Å². The maximum atomic E-state index is 11.4. The molecule has 0 spiro atoms. The van der Waals surface area contributed by atoms with Crippen molar-refractivity contribution in [1.82, 2.24) is 0 Å². The Kier molecular flexibility index (Phi) is 3.57. The molecule has 1 amide bonds. The minimum Gasteiger partial charge on any atom is -0.326 e. The third-order valence-electron chi connectivity index (χ3n) is 3.56. The van der Waals surface area contributed by atoms with Crippen LogP contribution >= 0.6 is 27.5 Å². The molecule has 1 aliphatic rings. The molecule has 1 unspecified atom stereocenters. The lowest BCUT2D eigenvalue weighted by atomic mass is 9.98. The van der Waals surface area contributed by atoms with Crippen molar-refractivity contribution in [2.75, 3.05) is 5.32 Å². The van der Waals surface area contributed by atoms with E-state index in [2.05, 4.69) is 34.2 Å². The number of aryl methyl sites for hydroxylation is 1. The van der Waals surface area contributed by atoms with Gasteiger partial charge in [0.05, 0.1) is 11.2 Å². The minimum absolute atomic E-state index is 0.0576. The van der Waals surface area contributed by atoms with Gasteiger partial charge in [-0.05, 0) is 47.4 Å². The Bertz CT molecular complexity index is 699. The van der Waals surface area contributed by atoms with Gasteiger partial charge in [-0.2, -0.15) is 0 Å². The molecule has 20 heavy (non-hydrogen) atoms. The van der Waals surface area contributed by atoms with Gasteiger partial charge in [-0.15, -0.1) is 0 Å². The SMILES string of the molecule is Cc1ccc(Cl)cc1C(Br)c1ccc2c(c1)CC(=O)N2. The average Bonchev–Trinajstić information content (AvgIpc) is 2.79. The fourth-order valence-corrected chi connectivity index (χ4v) is 3.43. The van der Waals surface area contributed by atoms with Crippen LogP contribution in [0.1, 0.15) is 27.1 Å². The lowest BCUT2D eigenvalue weighted by molar-refractivity contribution is -0.115. The summed E-state index contributed by atoms with van der Waals surface area (Å²) < 4.78 is 0. The number of fused-ring (bicyclic) bond motifs is 1. The van der Waals surface area contributed by atoms with Gasteiger partial charge >= 0.3 is 0 Å². The third-order valence-corrected chi connectivity index (χ3v) is 4.82. The molecule has 0 saturated carbocycles. The molecule has 1 N–H and O–H groups in total. The second-order valence-electron chi connectivity index (χ2n) is 5.01. The zero-order valence-corrected chi connectivity index (χ0v) is 13.3. The molecule has 1 atom stereocenters. The molecule has 0 aromatic heterocycles. The van der Waals surface area contributed by atoms with Crippen molar-refractivity contribution < 1.29 is 4.79 Å². The number of rotatable bonds is 2. The number of anilines is 1. The first kappa shape index (κ1) is 13.7. The molecule has 2 aromatic carbocycles. The van der Waals surface area contributed by atoms with Crippen molar-refractivity contribution >= 4 is 39.1 Å². The van der Waals surface area contributed by atoms with Crippen LogP contribution in [0.25, 0.3) is 0 Å². The second kappa shape index (κ2) is 5.23. The Labute approximate surface area is 131 Å². The van der Waals surface area contributed by atoms with Crippen LogP contribution in [0.5, 0.6) is 0 Å². The van der Waals surface area contributed by atoms with Gasteiger partial charge in [0.2, 0.25) is 5.91 Å². The monoisotopic (exact) mass is 349 g/mol. The molecule has 0 fully saturated rings. The van der Waals surface area contributed by atoms with E-state index in [-0.39, 0.29) is 10.7 Å². The van der Waals surface area contributed by atoms with E-state index < -0.39 is 0 Å². The Morgan fingerprint density at radius 3 is 2.85 bits per heavy atom. The van der Waals surface area contributed by atoms with E-state index in [1.165, 1.54) is 5.56 Å². The summed E-state index contributed by atoms with van der Waals surface area (Å²) >= 11 is 9.82. The number of amides is 1. The van der Waals surface area contributed by atoms with Gasteiger partial charge in [0.25, 0.3) is 0 Å². The number of alkyl halides is 1. The molecule has 2 aromatic rings. The maximum Gasteiger partial charge on any atom is 0.228 e. The molecule has 0 aliphatic carbocycles. The van der Waals surface area contributed by atoms with E-state index >= 15 is 0 Å². The molecule has 2 nitrogen and oxygen atoms in total. The highest BCUT2D eigenvalue weighted by atomic mass is 79.9. The number of halogens is 2. The zero-order chi connectivity index (χ0) is 14.3. The molecule has 3 rings (SSSR count). The number of hydrogen-bond acceptors (Lipinski definition) is 1. The van der Waals surface area contributed by atoms with E-state index in [0.717, 1.165) is 27.4 Å². The summed E-state index contributed by atoms with van der Waals surface area (Å²) in [6.07, 6.45) is 0.456. The molecule has 0 radical (unpaired) electrons. The molecule has 1 heterocycles. The Hall–Kier alpha value is -1.32. The highest BCUT2D eigenvalue weighted by Gasteiger charge is 2.20. The number of hydrogen-bond donors (Lipinski definition) is 1. The van der Waals surface area contributed by atoms with Crippen LogP contribution in [0.15, 0.2) is 36.4 Å². The van der Waals surface area contributed by atoms with E-state index in [1.807, 2.05) is 30.3 Å². The normalized spacial score (nSPS) is 14.8. The van der Waals surface area contributed by atoms with E-state index in [4.69, 9.17) is 11.6 Å². The first-order chi connectivity index (χ1) is 9.54. The standard InChI is InChI=1S/C16H13BrClNO/c1-9-2-4-12(18)8-13(9)16(17)10-3-5-14-11(6-10)7-15(20)19-14/h2-6,8,16H,7H2,1H3,(H,19,20). The molecule has 0 bridgehead atoms. The van der Waals surface area contributed by atoms with Crippen molar-refractivity contribution in [2.24, 2.45) is 0 Å². The predicted molar refractivity (Wildman–Crippen MR) is 85.7 cm³/mol. The number of benzene rings is 2. The average molecular weight is 351 g/mol. The molecule has 0 saturated heterocycles.